The predicted octanol–water partition coefficient (Wildman–Crippen LogP) is 3.33. The summed E-state index contributed by atoms with van der Waals surface area (Å²) in [5.74, 6) is -0.569. The Hall–Kier alpha value is -2.00. The number of hydrogen-bond acceptors (Lipinski definition) is 4. The van der Waals surface area contributed by atoms with Gasteiger partial charge in [-0.05, 0) is 90.1 Å². The van der Waals surface area contributed by atoms with Crippen molar-refractivity contribution in [3.63, 3.8) is 0 Å². The maximum atomic E-state index is 12.8. The quantitative estimate of drug-likeness (QED) is 0.329. The molecule has 24 heavy (non-hydrogen) atoms. The van der Waals surface area contributed by atoms with E-state index in [1.807, 2.05) is 48.6 Å². The fourth-order valence-electron chi connectivity index (χ4n) is 2.30. The summed E-state index contributed by atoms with van der Waals surface area (Å²) in [7, 11) is 0. The van der Waals surface area contributed by atoms with E-state index in [9.17, 15) is 9.59 Å². The van der Waals surface area contributed by atoms with Crippen molar-refractivity contribution in [1.82, 2.24) is 5.32 Å². The van der Waals surface area contributed by atoms with Crippen LogP contribution in [-0.2, 0) is 9.59 Å². The zero-order valence-electron chi connectivity index (χ0n) is 12.9. The van der Waals surface area contributed by atoms with Gasteiger partial charge < -0.3 is 4.42 Å². The van der Waals surface area contributed by atoms with Crippen LogP contribution >= 0.6 is 34.8 Å². The number of aryl methyl sites for hydroxylation is 2. The Labute approximate surface area is 157 Å². The Morgan fingerprint density at radius 2 is 1.92 bits per heavy atom. The third-order valence-corrected chi connectivity index (χ3v) is 4.60. The van der Waals surface area contributed by atoms with Gasteiger partial charge in [-0.3, -0.25) is 19.8 Å². The van der Waals surface area contributed by atoms with Gasteiger partial charge >= 0.3 is 0 Å². The summed E-state index contributed by atoms with van der Waals surface area (Å²) in [6.45, 7) is 3.94. The van der Waals surface area contributed by atoms with Crippen molar-refractivity contribution in [2.75, 3.05) is 4.90 Å². The highest BCUT2D eigenvalue weighted by Crippen LogP contribution is 2.24. The lowest BCUT2D eigenvalue weighted by Gasteiger charge is -2.29. The van der Waals surface area contributed by atoms with Crippen molar-refractivity contribution in [2.45, 2.75) is 13.8 Å². The van der Waals surface area contributed by atoms with Gasteiger partial charge in [0.1, 0.15) is 11.3 Å². The topological polar surface area (TPSA) is 62.6 Å². The number of carbonyl (C=O) groups is 2. The van der Waals surface area contributed by atoms with E-state index in [4.69, 9.17) is 16.6 Å². The smallest absolute Gasteiger partial charge is 0.270 e. The molecular weight excluding hydrogens is 439 g/mol. The zero-order chi connectivity index (χ0) is 17.4. The van der Waals surface area contributed by atoms with Gasteiger partial charge in [0.25, 0.3) is 11.8 Å². The summed E-state index contributed by atoms with van der Waals surface area (Å²) in [6, 6.07) is 9.03. The Bertz CT molecular complexity index is 901. The highest BCUT2D eigenvalue weighted by atomic mass is 127. The zero-order valence-corrected chi connectivity index (χ0v) is 15.9. The van der Waals surface area contributed by atoms with Crippen molar-refractivity contribution in [3.8, 4) is 0 Å². The van der Waals surface area contributed by atoms with Gasteiger partial charge in [0.2, 0.25) is 0 Å². The van der Waals surface area contributed by atoms with Gasteiger partial charge in [-0.1, -0.05) is 6.07 Å². The Kier molecular flexibility index (Phi) is 4.55. The van der Waals surface area contributed by atoms with E-state index in [1.165, 1.54) is 11.0 Å². The normalized spacial score (nSPS) is 16.7. The lowest BCUT2D eigenvalue weighted by Crippen LogP contribution is -2.54. The van der Waals surface area contributed by atoms with Crippen LogP contribution in [0.1, 0.15) is 16.9 Å². The van der Waals surface area contributed by atoms with Crippen LogP contribution in [0.15, 0.2) is 40.3 Å². The molecule has 122 valence electrons. The lowest BCUT2D eigenvalue weighted by molar-refractivity contribution is -0.122. The van der Waals surface area contributed by atoms with Crippen LogP contribution < -0.4 is 10.2 Å². The van der Waals surface area contributed by atoms with E-state index >= 15 is 0 Å². The first kappa shape index (κ1) is 16.8. The minimum atomic E-state index is -0.531. The van der Waals surface area contributed by atoms with Gasteiger partial charge in [-0.2, -0.15) is 0 Å². The van der Waals surface area contributed by atoms with Gasteiger partial charge in [0, 0.05) is 0 Å². The SMILES string of the molecule is Cc1ccc(N2C(=O)/C(=C\c3ccc(I)o3)C(=O)NC2=S)cc1C. The van der Waals surface area contributed by atoms with E-state index in [1.54, 1.807) is 18.2 Å². The van der Waals surface area contributed by atoms with Crippen molar-refractivity contribution in [1.29, 1.82) is 0 Å². The second-order valence-electron chi connectivity index (χ2n) is 5.37. The largest absolute Gasteiger partial charge is 0.451 e. The average Bonchev–Trinajstić information content (AvgIpc) is 2.92. The molecular formula is C17H13IN2O3S. The molecule has 2 amide bonds. The molecule has 0 spiro atoms. The molecule has 7 heteroatoms. The number of nitrogens with zero attached hydrogens (tertiary/aromatic N) is 1. The third kappa shape index (κ3) is 3.13. The van der Waals surface area contributed by atoms with Crippen LogP contribution in [0.4, 0.5) is 5.69 Å². The van der Waals surface area contributed by atoms with Crippen molar-refractivity contribution < 1.29 is 14.0 Å². The first-order valence-electron chi connectivity index (χ1n) is 7.11. The number of furan rings is 1. The first-order chi connectivity index (χ1) is 11.4. The number of hydrogen-bond donors (Lipinski definition) is 1. The lowest BCUT2D eigenvalue weighted by atomic mass is 10.1. The summed E-state index contributed by atoms with van der Waals surface area (Å²) in [5, 5.41) is 2.62. The third-order valence-electron chi connectivity index (χ3n) is 3.73. The van der Waals surface area contributed by atoms with E-state index in [0.717, 1.165) is 11.1 Å². The molecule has 0 saturated carbocycles. The fraction of sp³-hybridized carbons (Fsp3) is 0.118. The average molecular weight is 452 g/mol. The van der Waals surface area contributed by atoms with Crippen molar-refractivity contribution in [2.24, 2.45) is 0 Å². The Morgan fingerprint density at radius 3 is 2.54 bits per heavy atom. The van der Waals surface area contributed by atoms with E-state index in [2.05, 4.69) is 5.32 Å². The summed E-state index contributed by atoms with van der Waals surface area (Å²) < 4.78 is 6.08. The number of anilines is 1. The standard InChI is InChI=1S/C17H13IN2O3S/c1-9-3-4-11(7-10(9)2)20-16(22)13(15(21)19-17(20)24)8-12-5-6-14(18)23-12/h3-8H,1-2H3,(H,19,21,24)/b13-8-. The molecule has 1 aliphatic heterocycles. The fourth-order valence-corrected chi connectivity index (χ4v) is 3.02. The van der Waals surface area contributed by atoms with Gasteiger partial charge in [-0.25, -0.2) is 0 Å². The molecule has 0 atom stereocenters. The van der Waals surface area contributed by atoms with E-state index < -0.39 is 11.8 Å². The molecule has 1 aromatic heterocycles. The van der Waals surface area contributed by atoms with Crippen molar-refractivity contribution in [3.05, 3.63) is 56.6 Å². The van der Waals surface area contributed by atoms with Crippen LogP contribution in [0.5, 0.6) is 0 Å². The highest BCUT2D eigenvalue weighted by molar-refractivity contribution is 14.1. The summed E-state index contributed by atoms with van der Waals surface area (Å²) in [5.41, 5.74) is 2.74. The van der Waals surface area contributed by atoms with Crippen LogP contribution in [-0.4, -0.2) is 16.9 Å². The molecule has 5 nitrogen and oxygen atoms in total. The first-order valence-corrected chi connectivity index (χ1v) is 8.59. The second-order valence-corrected chi connectivity index (χ2v) is 6.82. The van der Waals surface area contributed by atoms with Crippen molar-refractivity contribution >= 4 is 63.5 Å². The molecule has 0 aliphatic carbocycles. The molecule has 0 unspecified atom stereocenters. The molecule has 0 bridgehead atoms. The molecule has 2 heterocycles. The highest BCUT2D eigenvalue weighted by Gasteiger charge is 2.34. The number of nitrogens with one attached hydrogen (secondary N) is 1. The number of thiocarbonyl (C=S) groups is 1. The van der Waals surface area contributed by atoms with Gasteiger partial charge in [0.15, 0.2) is 8.88 Å². The maximum absolute atomic E-state index is 12.8. The second kappa shape index (κ2) is 6.48. The molecule has 2 aromatic rings. The minimum Gasteiger partial charge on any atom is -0.451 e. The molecule has 1 aliphatic rings. The number of halogens is 1. The van der Waals surface area contributed by atoms with Gasteiger partial charge in [-0.15, -0.1) is 0 Å². The molecule has 1 aromatic carbocycles. The molecule has 3 rings (SSSR count). The minimum absolute atomic E-state index is 0.0208. The predicted molar refractivity (Wildman–Crippen MR) is 104 cm³/mol. The summed E-state index contributed by atoms with van der Waals surface area (Å²) in [4.78, 5) is 26.3. The summed E-state index contributed by atoms with van der Waals surface area (Å²) in [6.07, 6.45) is 1.43. The summed E-state index contributed by atoms with van der Waals surface area (Å²) >= 11 is 7.20. The molecule has 1 N–H and O–H groups in total. The number of amides is 2. The molecule has 0 radical (unpaired) electrons. The van der Waals surface area contributed by atoms with Crippen LogP contribution in [0.25, 0.3) is 6.08 Å². The molecule has 1 fully saturated rings. The van der Waals surface area contributed by atoms with E-state index in [-0.39, 0.29) is 10.7 Å². The van der Waals surface area contributed by atoms with Gasteiger partial charge in [0.05, 0.1) is 5.69 Å². The van der Waals surface area contributed by atoms with Crippen LogP contribution in [0.3, 0.4) is 0 Å². The maximum Gasteiger partial charge on any atom is 0.270 e. The monoisotopic (exact) mass is 452 g/mol. The Balaban J connectivity index is 2.02. The van der Waals surface area contributed by atoms with E-state index in [0.29, 0.717) is 15.2 Å². The number of rotatable bonds is 2. The number of benzene rings is 1. The number of carbonyl (C=O) groups excluding carboxylic acids is 2. The van der Waals surface area contributed by atoms with Crippen LogP contribution in [0.2, 0.25) is 0 Å². The Morgan fingerprint density at radius 1 is 1.17 bits per heavy atom. The van der Waals surface area contributed by atoms with Crippen LogP contribution in [0, 0.1) is 17.6 Å². The molecule has 1 saturated heterocycles.